The zero-order chi connectivity index (χ0) is 19.1. The van der Waals surface area contributed by atoms with E-state index < -0.39 is 0 Å². The third-order valence-electron chi connectivity index (χ3n) is 4.59. The Bertz CT molecular complexity index is 629. The van der Waals surface area contributed by atoms with E-state index >= 15 is 0 Å². The van der Waals surface area contributed by atoms with Crippen LogP contribution in [0, 0.1) is 0 Å². The summed E-state index contributed by atoms with van der Waals surface area (Å²) in [5.41, 5.74) is 0.657. The van der Waals surface area contributed by atoms with Gasteiger partial charge in [0.05, 0.1) is 47.0 Å². The van der Waals surface area contributed by atoms with Crippen LogP contribution in [0.4, 0.5) is 10.5 Å². The minimum absolute atomic E-state index is 0.0724. The molecule has 0 unspecified atom stereocenters. The molecule has 1 saturated heterocycles. The first-order chi connectivity index (χ1) is 12.5. The third-order valence-corrected chi connectivity index (χ3v) is 4.59. The van der Waals surface area contributed by atoms with Crippen LogP contribution in [0.3, 0.4) is 0 Å². The number of nitrogens with zero attached hydrogens (tertiary/aromatic N) is 1. The van der Waals surface area contributed by atoms with Gasteiger partial charge in [0.1, 0.15) is 0 Å². The zero-order valence-corrected chi connectivity index (χ0v) is 15.8. The van der Waals surface area contributed by atoms with Crippen molar-refractivity contribution in [2.75, 3.05) is 52.3 Å². The first-order valence-corrected chi connectivity index (χ1v) is 8.79. The van der Waals surface area contributed by atoms with Crippen LogP contribution in [0.15, 0.2) is 18.2 Å². The predicted molar refractivity (Wildman–Crippen MR) is 96.9 cm³/mol. The number of ether oxygens (including phenoxy) is 3. The molecule has 1 atom stereocenters. The van der Waals surface area contributed by atoms with E-state index in [4.69, 9.17) is 14.2 Å². The van der Waals surface area contributed by atoms with Gasteiger partial charge in [0.25, 0.3) is 5.91 Å². The highest BCUT2D eigenvalue weighted by Crippen LogP contribution is 2.29. The summed E-state index contributed by atoms with van der Waals surface area (Å²) in [6.45, 7) is 6.64. The lowest BCUT2D eigenvalue weighted by Gasteiger charge is -2.34. The first kappa shape index (κ1) is 19.8. The monoisotopic (exact) mass is 366 g/mol. The quantitative estimate of drug-likeness (QED) is 0.761. The minimum Gasteiger partial charge on any atom is -0.493 e. The fourth-order valence-electron chi connectivity index (χ4n) is 2.97. The number of methoxy groups -OCH3 is 2. The molecule has 8 heteroatoms. The van der Waals surface area contributed by atoms with Crippen molar-refractivity contribution >= 4 is 17.7 Å². The molecule has 1 aliphatic rings. The van der Waals surface area contributed by atoms with Gasteiger partial charge in [-0.3, -0.25) is 9.69 Å². The summed E-state index contributed by atoms with van der Waals surface area (Å²) in [6, 6.07) is 5.04. The molecule has 2 N–H and O–H groups in total. The largest absolute Gasteiger partial charge is 0.493 e. The standard InChI is InChI=1S/C18H27N3O5/c1-5-26-18(23)21-10-8-20(9-11-21)13(2)17(22)19-14-6-7-15(24-3)16(12-14)25-4/h6-7,12-13H,5,8-11H2,1-4H3,(H,19,22)/p+1/t13-/m0/s1. The molecule has 144 valence electrons. The van der Waals surface area contributed by atoms with E-state index in [2.05, 4.69) is 5.32 Å². The van der Waals surface area contributed by atoms with Crippen LogP contribution in [0.2, 0.25) is 0 Å². The smallest absolute Gasteiger partial charge is 0.410 e. The van der Waals surface area contributed by atoms with Crippen molar-refractivity contribution in [1.82, 2.24) is 4.90 Å². The fraction of sp³-hybridized carbons (Fsp3) is 0.556. The summed E-state index contributed by atoms with van der Waals surface area (Å²) < 4.78 is 15.5. The maximum absolute atomic E-state index is 12.6. The maximum Gasteiger partial charge on any atom is 0.410 e. The highest BCUT2D eigenvalue weighted by molar-refractivity contribution is 5.93. The Labute approximate surface area is 154 Å². The SMILES string of the molecule is CCOC(=O)N1CC[NH+]([C@@H](C)C(=O)Nc2ccc(OC)c(OC)c2)CC1. The van der Waals surface area contributed by atoms with Gasteiger partial charge in [0, 0.05) is 11.8 Å². The Morgan fingerprint density at radius 3 is 2.42 bits per heavy atom. The predicted octanol–water partition coefficient (Wildman–Crippen LogP) is 0.388. The second kappa shape index (κ2) is 9.28. The summed E-state index contributed by atoms with van der Waals surface area (Å²) in [5, 5.41) is 2.92. The van der Waals surface area contributed by atoms with Gasteiger partial charge in [-0.15, -0.1) is 0 Å². The second-order valence-corrected chi connectivity index (χ2v) is 6.12. The molecule has 1 heterocycles. The number of hydrogen-bond donors (Lipinski definition) is 2. The molecule has 1 aromatic carbocycles. The number of rotatable bonds is 6. The van der Waals surface area contributed by atoms with E-state index in [9.17, 15) is 9.59 Å². The average molecular weight is 366 g/mol. The Kier molecular flexibility index (Phi) is 7.08. The van der Waals surface area contributed by atoms with Gasteiger partial charge in [0.15, 0.2) is 17.5 Å². The van der Waals surface area contributed by atoms with Gasteiger partial charge < -0.3 is 24.4 Å². The number of anilines is 1. The number of amides is 2. The maximum atomic E-state index is 12.6. The molecule has 0 spiro atoms. The van der Waals surface area contributed by atoms with Gasteiger partial charge in [-0.25, -0.2) is 4.79 Å². The Balaban J connectivity index is 1.91. The molecule has 26 heavy (non-hydrogen) atoms. The van der Waals surface area contributed by atoms with Crippen LogP contribution in [0.25, 0.3) is 0 Å². The molecular formula is C18H28N3O5+. The average Bonchev–Trinajstić information content (AvgIpc) is 2.67. The second-order valence-electron chi connectivity index (χ2n) is 6.12. The highest BCUT2D eigenvalue weighted by Gasteiger charge is 2.31. The third kappa shape index (κ3) is 4.78. The summed E-state index contributed by atoms with van der Waals surface area (Å²) in [5.74, 6) is 1.10. The molecule has 1 aliphatic heterocycles. The van der Waals surface area contributed by atoms with Crippen LogP contribution >= 0.6 is 0 Å². The van der Waals surface area contributed by atoms with Crippen molar-refractivity contribution in [3.63, 3.8) is 0 Å². The summed E-state index contributed by atoms with van der Waals surface area (Å²) in [6.07, 6.45) is -0.283. The molecule has 0 radical (unpaired) electrons. The Hall–Kier alpha value is -2.48. The van der Waals surface area contributed by atoms with Crippen molar-refractivity contribution in [3.05, 3.63) is 18.2 Å². The lowest BCUT2D eigenvalue weighted by molar-refractivity contribution is -0.917. The number of carbonyl (C=O) groups is 2. The van der Waals surface area contributed by atoms with Crippen molar-refractivity contribution in [3.8, 4) is 11.5 Å². The lowest BCUT2D eigenvalue weighted by atomic mass is 10.2. The van der Waals surface area contributed by atoms with Gasteiger partial charge in [0.2, 0.25) is 0 Å². The Morgan fingerprint density at radius 2 is 1.85 bits per heavy atom. The molecule has 1 fully saturated rings. The molecule has 0 aromatic heterocycles. The van der Waals surface area contributed by atoms with E-state index in [1.165, 1.54) is 0 Å². The van der Waals surface area contributed by atoms with Gasteiger partial charge in [-0.2, -0.15) is 0 Å². The Morgan fingerprint density at radius 1 is 1.19 bits per heavy atom. The molecule has 0 bridgehead atoms. The summed E-state index contributed by atoms with van der Waals surface area (Å²) in [4.78, 5) is 27.2. The van der Waals surface area contributed by atoms with Crippen LogP contribution in [0.5, 0.6) is 11.5 Å². The summed E-state index contributed by atoms with van der Waals surface area (Å²) >= 11 is 0. The highest BCUT2D eigenvalue weighted by atomic mass is 16.6. The van der Waals surface area contributed by atoms with Crippen LogP contribution in [0.1, 0.15) is 13.8 Å². The molecule has 0 aliphatic carbocycles. The van der Waals surface area contributed by atoms with Crippen LogP contribution in [-0.4, -0.2) is 69.9 Å². The molecule has 2 rings (SSSR count). The number of hydrogen-bond acceptors (Lipinski definition) is 5. The van der Waals surface area contributed by atoms with Crippen molar-refractivity contribution < 1.29 is 28.7 Å². The molecule has 1 aromatic rings. The van der Waals surface area contributed by atoms with E-state index in [0.717, 1.165) is 4.90 Å². The normalized spacial score (nSPS) is 15.9. The zero-order valence-electron chi connectivity index (χ0n) is 15.8. The van der Waals surface area contributed by atoms with Gasteiger partial charge >= 0.3 is 6.09 Å². The van der Waals surface area contributed by atoms with Crippen molar-refractivity contribution in [1.29, 1.82) is 0 Å². The molecular weight excluding hydrogens is 338 g/mol. The van der Waals surface area contributed by atoms with Crippen LogP contribution < -0.4 is 19.7 Å². The van der Waals surface area contributed by atoms with Gasteiger partial charge in [-0.05, 0) is 26.0 Å². The number of nitrogens with one attached hydrogen (secondary N) is 2. The number of benzene rings is 1. The molecule has 8 nitrogen and oxygen atoms in total. The lowest BCUT2D eigenvalue weighted by Crippen LogP contribution is -3.19. The minimum atomic E-state index is -0.283. The van der Waals surface area contributed by atoms with E-state index in [1.807, 2.05) is 6.92 Å². The van der Waals surface area contributed by atoms with E-state index in [0.29, 0.717) is 50.0 Å². The number of carbonyl (C=O) groups excluding carboxylic acids is 2. The van der Waals surface area contributed by atoms with E-state index in [-0.39, 0.29) is 18.0 Å². The van der Waals surface area contributed by atoms with Crippen molar-refractivity contribution in [2.45, 2.75) is 19.9 Å². The van der Waals surface area contributed by atoms with E-state index in [1.54, 1.807) is 44.2 Å². The number of quaternary nitrogens is 1. The fourth-order valence-corrected chi connectivity index (χ4v) is 2.97. The van der Waals surface area contributed by atoms with Gasteiger partial charge in [-0.1, -0.05) is 0 Å². The topological polar surface area (TPSA) is 81.5 Å². The number of piperazine rings is 1. The summed E-state index contributed by atoms with van der Waals surface area (Å²) in [7, 11) is 3.12. The van der Waals surface area contributed by atoms with Crippen LogP contribution in [-0.2, 0) is 9.53 Å². The first-order valence-electron chi connectivity index (χ1n) is 8.79. The van der Waals surface area contributed by atoms with Crippen molar-refractivity contribution in [2.24, 2.45) is 0 Å². The molecule has 0 saturated carbocycles. The molecule has 2 amide bonds.